The van der Waals surface area contributed by atoms with E-state index in [2.05, 4.69) is 0 Å². The number of nitrogens with zero attached hydrogens (tertiary/aromatic N) is 1. The third-order valence-corrected chi connectivity index (χ3v) is 2.50. The van der Waals surface area contributed by atoms with Crippen LogP contribution >= 0.6 is 0 Å². The Morgan fingerprint density at radius 3 is 2.00 bits per heavy atom. The summed E-state index contributed by atoms with van der Waals surface area (Å²) in [6.45, 7) is 1.50. The molecule has 8 nitrogen and oxygen atoms in total. The van der Waals surface area contributed by atoms with E-state index >= 15 is 0 Å². The zero-order chi connectivity index (χ0) is 14.5. The van der Waals surface area contributed by atoms with Crippen molar-refractivity contribution in [2.24, 2.45) is 0 Å². The summed E-state index contributed by atoms with van der Waals surface area (Å²) in [6, 6.07) is 2.07. The van der Waals surface area contributed by atoms with Gasteiger partial charge >= 0.3 is 18.5 Å². The Bertz CT molecular complexity index is 666. The Morgan fingerprint density at radius 2 is 1.67 bits per heavy atom. The molecular formula is C7H7FN2O6S2. The summed E-state index contributed by atoms with van der Waals surface area (Å²) in [4.78, 5) is 9.53. The van der Waals surface area contributed by atoms with Gasteiger partial charge in [0.1, 0.15) is 11.5 Å². The van der Waals surface area contributed by atoms with Crippen LogP contribution < -0.4 is 5.73 Å². The first-order valence-electron chi connectivity index (χ1n) is 4.05. The fourth-order valence-electron chi connectivity index (χ4n) is 0.851. The largest absolute Gasteiger partial charge is 0.393 e. The number of hydrogen-bond acceptors (Lipinski definition) is 7. The second-order valence-corrected chi connectivity index (χ2v) is 5.28. The Kier molecular flexibility index (Phi) is 5.92. The number of hydrogen-bond donors (Lipinski definition) is 1. The number of benzene rings is 1. The van der Waals surface area contributed by atoms with Gasteiger partial charge in [-0.1, -0.05) is 0 Å². The summed E-state index contributed by atoms with van der Waals surface area (Å²) in [5.74, 6) is -0.615. The molecule has 0 spiro atoms. The molecule has 0 amide bonds. The summed E-state index contributed by atoms with van der Waals surface area (Å²) in [5.41, 5.74) is 5.18. The van der Waals surface area contributed by atoms with Gasteiger partial charge in [-0.3, -0.25) is 10.1 Å². The fraction of sp³-hybridized carbons (Fsp3) is 0.143. The maximum Gasteiger partial charge on any atom is 0.335 e. The van der Waals surface area contributed by atoms with E-state index in [1.165, 1.54) is 13.0 Å². The molecule has 0 fully saturated rings. The first-order chi connectivity index (χ1) is 8.16. The first-order valence-corrected chi connectivity index (χ1v) is 6.72. The third-order valence-electron chi connectivity index (χ3n) is 1.62. The lowest BCUT2D eigenvalue weighted by molar-refractivity contribution is -0.384. The maximum atomic E-state index is 12.8. The van der Waals surface area contributed by atoms with E-state index < -0.39 is 35.0 Å². The van der Waals surface area contributed by atoms with Gasteiger partial charge < -0.3 is 5.73 Å². The average molecular weight is 298 g/mol. The highest BCUT2D eigenvalue weighted by Gasteiger charge is 2.13. The van der Waals surface area contributed by atoms with Gasteiger partial charge in [-0.25, -0.2) is 4.39 Å². The van der Waals surface area contributed by atoms with Crippen LogP contribution in [0.4, 0.5) is 15.8 Å². The van der Waals surface area contributed by atoms with E-state index in [0.717, 1.165) is 6.07 Å². The van der Waals surface area contributed by atoms with Crippen LogP contribution in [0.3, 0.4) is 0 Å². The van der Waals surface area contributed by atoms with Gasteiger partial charge in [0, 0.05) is 0 Å². The second kappa shape index (κ2) is 6.66. The molecule has 0 atom stereocenters. The smallest absolute Gasteiger partial charge is 0.335 e. The molecule has 1 rings (SSSR count). The fourth-order valence-corrected chi connectivity index (χ4v) is 0.851. The predicted octanol–water partition coefficient (Wildman–Crippen LogP) is 0.284. The molecule has 0 saturated carbocycles. The quantitative estimate of drug-likeness (QED) is 0.446. The van der Waals surface area contributed by atoms with Crippen molar-refractivity contribution in [3.63, 3.8) is 0 Å². The molecule has 1 aromatic rings. The SMILES string of the molecule is Cc1cc(N)c([N+](=O)[O-])cc1F.O=S(=O)=S(=O)=O. The van der Waals surface area contributed by atoms with Gasteiger partial charge in [-0.2, -0.15) is 16.8 Å². The molecule has 0 heterocycles. The summed E-state index contributed by atoms with van der Waals surface area (Å²) in [7, 11) is -5.90. The lowest BCUT2D eigenvalue weighted by Crippen LogP contribution is -1.97. The van der Waals surface area contributed by atoms with Crippen LogP contribution in [0.5, 0.6) is 0 Å². The van der Waals surface area contributed by atoms with Crippen LogP contribution in [0, 0.1) is 22.9 Å². The number of halogens is 1. The molecular weight excluding hydrogens is 291 g/mol. The van der Waals surface area contributed by atoms with Crippen LogP contribution in [0.15, 0.2) is 12.1 Å². The second-order valence-electron chi connectivity index (χ2n) is 2.83. The third kappa shape index (κ3) is 4.88. The number of nitro groups is 1. The van der Waals surface area contributed by atoms with E-state index in [9.17, 15) is 14.5 Å². The highest BCUT2D eigenvalue weighted by Crippen LogP contribution is 2.23. The van der Waals surface area contributed by atoms with Crippen LogP contribution in [0.2, 0.25) is 0 Å². The highest BCUT2D eigenvalue weighted by molar-refractivity contribution is 8.21. The molecule has 0 radical (unpaired) electrons. The molecule has 0 aliphatic heterocycles. The Morgan fingerprint density at radius 1 is 1.22 bits per heavy atom. The molecule has 18 heavy (non-hydrogen) atoms. The number of nitrogen functional groups attached to an aromatic ring is 1. The molecule has 100 valence electrons. The first kappa shape index (κ1) is 16.0. The van der Waals surface area contributed by atoms with Crippen molar-refractivity contribution >= 4 is 29.9 Å². The van der Waals surface area contributed by atoms with Gasteiger partial charge in [0.05, 0.1) is 11.0 Å². The summed E-state index contributed by atoms with van der Waals surface area (Å²) >= 11 is 0. The summed E-state index contributed by atoms with van der Waals surface area (Å²) in [5, 5.41) is 10.2. The molecule has 0 unspecified atom stereocenters. The topological polar surface area (TPSA) is 137 Å². The number of rotatable bonds is 1. The van der Waals surface area contributed by atoms with E-state index in [4.69, 9.17) is 22.6 Å². The minimum Gasteiger partial charge on any atom is -0.393 e. The zero-order valence-electron chi connectivity index (χ0n) is 8.82. The molecule has 0 aliphatic carbocycles. The normalized spacial score (nSPS) is 9.00. The monoisotopic (exact) mass is 298 g/mol. The van der Waals surface area contributed by atoms with Crippen molar-refractivity contribution in [3.05, 3.63) is 33.6 Å². The van der Waals surface area contributed by atoms with Crippen LogP contribution in [-0.4, -0.2) is 21.8 Å². The molecule has 1 aromatic carbocycles. The Balaban J connectivity index is 0.000000411. The van der Waals surface area contributed by atoms with Crippen molar-refractivity contribution in [2.45, 2.75) is 6.92 Å². The van der Waals surface area contributed by atoms with Crippen molar-refractivity contribution in [1.82, 2.24) is 0 Å². The van der Waals surface area contributed by atoms with Gasteiger partial charge in [0.15, 0.2) is 0 Å². The average Bonchev–Trinajstić information content (AvgIpc) is 2.23. The Hall–Kier alpha value is -2.01. The van der Waals surface area contributed by atoms with E-state index in [1.807, 2.05) is 0 Å². The van der Waals surface area contributed by atoms with Gasteiger partial charge in [-0.15, -0.1) is 0 Å². The molecule has 0 saturated heterocycles. The number of anilines is 1. The van der Waals surface area contributed by atoms with Crippen molar-refractivity contribution in [1.29, 1.82) is 0 Å². The molecule has 0 bridgehead atoms. The number of nitrogens with two attached hydrogens (primary N) is 1. The van der Waals surface area contributed by atoms with Crippen molar-refractivity contribution in [3.8, 4) is 0 Å². The minimum absolute atomic E-state index is 0.0149. The van der Waals surface area contributed by atoms with Crippen LogP contribution in [0.25, 0.3) is 0 Å². The highest BCUT2D eigenvalue weighted by atomic mass is 32.8. The van der Waals surface area contributed by atoms with Gasteiger partial charge in [0.2, 0.25) is 0 Å². The molecule has 11 heteroatoms. The lowest BCUT2D eigenvalue weighted by atomic mass is 10.2. The van der Waals surface area contributed by atoms with Gasteiger partial charge in [-0.05, 0) is 18.6 Å². The molecule has 0 aromatic heterocycles. The Labute approximate surface area is 103 Å². The van der Waals surface area contributed by atoms with Crippen LogP contribution in [0.1, 0.15) is 5.56 Å². The standard InChI is InChI=1S/C7H7FN2O2.O4S2/c1-4-2-6(9)7(10(11)12)3-5(4)8;1-5(2)6(3)4/h2-3H,9H2,1H3;. The van der Waals surface area contributed by atoms with E-state index in [-0.39, 0.29) is 5.69 Å². The molecule has 2 N–H and O–H groups in total. The maximum absolute atomic E-state index is 12.8. The van der Waals surface area contributed by atoms with Crippen LogP contribution in [-0.2, 0) is 18.5 Å². The summed E-state index contributed by atoms with van der Waals surface area (Å²) in [6.07, 6.45) is 0. The van der Waals surface area contributed by atoms with Crippen molar-refractivity contribution < 1.29 is 26.1 Å². The van der Waals surface area contributed by atoms with E-state index in [0.29, 0.717) is 5.56 Å². The van der Waals surface area contributed by atoms with Crippen molar-refractivity contribution in [2.75, 3.05) is 5.73 Å². The van der Waals surface area contributed by atoms with Gasteiger partial charge in [0.25, 0.3) is 5.69 Å². The molecule has 0 aliphatic rings. The predicted molar refractivity (Wildman–Crippen MR) is 60.0 cm³/mol. The number of aryl methyl sites for hydroxylation is 1. The zero-order valence-corrected chi connectivity index (χ0v) is 10.5. The van der Waals surface area contributed by atoms with E-state index in [1.54, 1.807) is 0 Å². The minimum atomic E-state index is -2.95. The summed E-state index contributed by atoms with van der Waals surface area (Å²) < 4.78 is 49.1. The number of nitro benzene ring substituents is 1. The lowest BCUT2D eigenvalue weighted by Gasteiger charge is -1.99.